The Morgan fingerprint density at radius 3 is 2.62 bits per heavy atom. The number of fused-ring (bicyclic) bond motifs is 1. The Morgan fingerprint density at radius 1 is 1.08 bits per heavy atom. The minimum atomic E-state index is -2.86. The number of aromatic nitrogens is 2. The monoisotopic (exact) mass is 366 g/mol. The Morgan fingerprint density at radius 2 is 1.85 bits per heavy atom. The number of nitrogens with zero attached hydrogens (tertiary/aromatic N) is 2. The van der Waals surface area contributed by atoms with E-state index in [1.807, 2.05) is 36.4 Å². The van der Waals surface area contributed by atoms with E-state index in [0.717, 1.165) is 29.8 Å². The summed E-state index contributed by atoms with van der Waals surface area (Å²) in [5.74, 6) is 1.75. The highest BCUT2D eigenvalue weighted by atomic mass is 32.2. The molecule has 1 unspecified atom stereocenters. The van der Waals surface area contributed by atoms with Gasteiger partial charge in [0.05, 0.1) is 22.5 Å². The largest absolute Gasteiger partial charge is 0.324 e. The number of para-hydroxylation sites is 2. The standard InChI is InChI=1S/C21H22N2O2S/c24-26(25)14-12-18(16-26)15-21-22-19-10-4-5-11-20(19)23(21)13-6-9-17-7-2-1-3-8-17/h1-11,18H,12-16H2. The van der Waals surface area contributed by atoms with Gasteiger partial charge in [-0.1, -0.05) is 54.6 Å². The lowest BCUT2D eigenvalue weighted by molar-refractivity contribution is 0.555. The molecule has 1 atom stereocenters. The second kappa shape index (κ2) is 7.08. The van der Waals surface area contributed by atoms with Crippen LogP contribution in [-0.2, 0) is 22.8 Å². The molecule has 0 saturated carbocycles. The van der Waals surface area contributed by atoms with Crippen LogP contribution in [-0.4, -0.2) is 29.5 Å². The quantitative estimate of drug-likeness (QED) is 0.691. The van der Waals surface area contributed by atoms with E-state index in [0.29, 0.717) is 12.2 Å². The molecule has 1 fully saturated rings. The molecule has 1 saturated heterocycles. The summed E-state index contributed by atoms with van der Waals surface area (Å²) in [7, 11) is -2.86. The van der Waals surface area contributed by atoms with Gasteiger partial charge in [0.1, 0.15) is 5.82 Å². The lowest BCUT2D eigenvalue weighted by Crippen LogP contribution is -2.12. The van der Waals surface area contributed by atoms with Crippen molar-refractivity contribution in [3.05, 3.63) is 72.1 Å². The normalized spacial score (nSPS) is 19.5. The first-order valence-corrected chi connectivity index (χ1v) is 10.8. The van der Waals surface area contributed by atoms with Crippen molar-refractivity contribution in [1.82, 2.24) is 9.55 Å². The van der Waals surface area contributed by atoms with E-state index in [1.165, 1.54) is 5.56 Å². The van der Waals surface area contributed by atoms with Gasteiger partial charge in [-0.25, -0.2) is 13.4 Å². The molecule has 5 heteroatoms. The fraction of sp³-hybridized carbons (Fsp3) is 0.286. The van der Waals surface area contributed by atoms with E-state index in [-0.39, 0.29) is 11.7 Å². The average molecular weight is 366 g/mol. The fourth-order valence-electron chi connectivity index (χ4n) is 3.63. The zero-order valence-corrected chi connectivity index (χ0v) is 15.4. The predicted molar refractivity (Wildman–Crippen MR) is 106 cm³/mol. The van der Waals surface area contributed by atoms with Gasteiger partial charge in [0.15, 0.2) is 9.84 Å². The summed E-state index contributed by atoms with van der Waals surface area (Å²) in [4.78, 5) is 4.78. The Bertz CT molecular complexity index is 1040. The van der Waals surface area contributed by atoms with Crippen LogP contribution < -0.4 is 0 Å². The lowest BCUT2D eigenvalue weighted by atomic mass is 10.1. The van der Waals surface area contributed by atoms with Crippen LogP contribution in [0, 0.1) is 5.92 Å². The van der Waals surface area contributed by atoms with E-state index in [9.17, 15) is 8.42 Å². The second-order valence-corrected chi connectivity index (χ2v) is 9.14. The summed E-state index contributed by atoms with van der Waals surface area (Å²) in [6.45, 7) is 0.726. The Labute approximate surface area is 154 Å². The van der Waals surface area contributed by atoms with Crippen molar-refractivity contribution in [2.45, 2.75) is 19.4 Å². The molecular weight excluding hydrogens is 344 g/mol. The first-order chi connectivity index (χ1) is 12.6. The van der Waals surface area contributed by atoms with E-state index < -0.39 is 9.84 Å². The van der Waals surface area contributed by atoms with Crippen LogP contribution in [0.1, 0.15) is 17.8 Å². The highest BCUT2D eigenvalue weighted by molar-refractivity contribution is 7.91. The molecule has 1 aliphatic rings. The average Bonchev–Trinajstić information content (AvgIpc) is 3.16. The maximum absolute atomic E-state index is 11.8. The third-order valence-corrected chi connectivity index (χ3v) is 6.77. The molecule has 0 spiro atoms. The smallest absolute Gasteiger partial charge is 0.150 e. The van der Waals surface area contributed by atoms with Crippen LogP contribution in [0.4, 0.5) is 0 Å². The molecule has 0 amide bonds. The number of hydrogen-bond donors (Lipinski definition) is 0. The molecule has 134 valence electrons. The van der Waals surface area contributed by atoms with Crippen molar-refractivity contribution in [1.29, 1.82) is 0 Å². The van der Waals surface area contributed by atoms with Gasteiger partial charge in [0, 0.05) is 13.0 Å². The molecule has 0 bridgehead atoms. The highest BCUT2D eigenvalue weighted by Gasteiger charge is 2.29. The molecule has 26 heavy (non-hydrogen) atoms. The van der Waals surface area contributed by atoms with E-state index in [1.54, 1.807) is 0 Å². The van der Waals surface area contributed by atoms with Crippen LogP contribution in [0.5, 0.6) is 0 Å². The van der Waals surface area contributed by atoms with Gasteiger partial charge in [0.25, 0.3) is 0 Å². The number of sulfone groups is 1. The molecule has 0 N–H and O–H groups in total. The molecule has 4 nitrogen and oxygen atoms in total. The Kier molecular flexibility index (Phi) is 4.64. The molecule has 4 rings (SSSR count). The number of imidazole rings is 1. The van der Waals surface area contributed by atoms with Crippen LogP contribution in [0.15, 0.2) is 60.7 Å². The number of hydrogen-bond acceptors (Lipinski definition) is 3. The van der Waals surface area contributed by atoms with Gasteiger partial charge >= 0.3 is 0 Å². The number of rotatable bonds is 5. The molecule has 2 heterocycles. The van der Waals surface area contributed by atoms with Gasteiger partial charge in [-0.05, 0) is 30.0 Å². The topological polar surface area (TPSA) is 52.0 Å². The van der Waals surface area contributed by atoms with Gasteiger partial charge in [0.2, 0.25) is 0 Å². The van der Waals surface area contributed by atoms with Gasteiger partial charge in [-0.3, -0.25) is 0 Å². The first-order valence-electron chi connectivity index (χ1n) is 8.97. The second-order valence-electron chi connectivity index (χ2n) is 6.91. The third kappa shape index (κ3) is 3.73. The summed E-state index contributed by atoms with van der Waals surface area (Å²) >= 11 is 0. The fourth-order valence-corrected chi connectivity index (χ4v) is 5.50. The molecule has 3 aromatic rings. The van der Waals surface area contributed by atoms with E-state index >= 15 is 0 Å². The van der Waals surface area contributed by atoms with Crippen molar-refractivity contribution in [2.24, 2.45) is 5.92 Å². The predicted octanol–water partition coefficient (Wildman–Crippen LogP) is 3.73. The number of allylic oxidation sites excluding steroid dienone is 1. The van der Waals surface area contributed by atoms with Crippen molar-refractivity contribution in [2.75, 3.05) is 11.5 Å². The van der Waals surface area contributed by atoms with Crippen molar-refractivity contribution in [3.8, 4) is 0 Å². The molecular formula is C21H22N2O2S. The molecule has 2 aromatic carbocycles. The van der Waals surface area contributed by atoms with Crippen LogP contribution in [0.25, 0.3) is 17.1 Å². The maximum Gasteiger partial charge on any atom is 0.150 e. The van der Waals surface area contributed by atoms with Gasteiger partial charge in [-0.2, -0.15) is 0 Å². The van der Waals surface area contributed by atoms with Gasteiger partial charge < -0.3 is 4.57 Å². The zero-order chi connectivity index (χ0) is 18.0. The maximum atomic E-state index is 11.8. The van der Waals surface area contributed by atoms with Crippen LogP contribution >= 0.6 is 0 Å². The van der Waals surface area contributed by atoms with Crippen molar-refractivity contribution in [3.63, 3.8) is 0 Å². The van der Waals surface area contributed by atoms with Crippen LogP contribution in [0.2, 0.25) is 0 Å². The lowest BCUT2D eigenvalue weighted by Gasteiger charge is -2.10. The molecule has 1 aromatic heterocycles. The number of benzene rings is 2. The van der Waals surface area contributed by atoms with E-state index in [2.05, 4.69) is 34.9 Å². The van der Waals surface area contributed by atoms with Crippen molar-refractivity contribution >= 4 is 26.9 Å². The summed E-state index contributed by atoms with van der Waals surface area (Å²) in [5.41, 5.74) is 3.23. The Hall–Kier alpha value is -2.40. The summed E-state index contributed by atoms with van der Waals surface area (Å²) < 4.78 is 25.8. The van der Waals surface area contributed by atoms with Crippen molar-refractivity contribution < 1.29 is 8.42 Å². The zero-order valence-electron chi connectivity index (χ0n) is 14.6. The van der Waals surface area contributed by atoms with E-state index in [4.69, 9.17) is 4.98 Å². The summed E-state index contributed by atoms with van der Waals surface area (Å²) in [6.07, 6.45) is 5.70. The third-order valence-electron chi connectivity index (χ3n) is 4.93. The molecule has 0 aliphatic carbocycles. The SMILES string of the molecule is O=S1(=O)CCC(Cc2nc3ccccc3n2CC=Cc2ccccc2)C1. The molecule has 1 aliphatic heterocycles. The highest BCUT2D eigenvalue weighted by Crippen LogP contribution is 2.25. The first kappa shape index (κ1) is 17.0. The molecule has 0 radical (unpaired) electrons. The summed E-state index contributed by atoms with van der Waals surface area (Å²) in [5, 5.41) is 0. The summed E-state index contributed by atoms with van der Waals surface area (Å²) in [6, 6.07) is 18.3. The minimum Gasteiger partial charge on any atom is -0.324 e. The Balaban J connectivity index is 1.60. The minimum absolute atomic E-state index is 0.175. The van der Waals surface area contributed by atoms with Crippen LogP contribution in [0.3, 0.4) is 0 Å². The van der Waals surface area contributed by atoms with Gasteiger partial charge in [-0.15, -0.1) is 0 Å².